The summed E-state index contributed by atoms with van der Waals surface area (Å²) in [7, 11) is 7.16. The molecule has 1 amide bonds. The quantitative estimate of drug-likeness (QED) is 0.516. The molecular weight excluding hydrogens is 414 g/mol. The van der Waals surface area contributed by atoms with Crippen molar-refractivity contribution in [3.63, 3.8) is 0 Å². The van der Waals surface area contributed by atoms with Crippen LogP contribution in [0, 0.1) is 0 Å². The summed E-state index contributed by atoms with van der Waals surface area (Å²) >= 11 is 1.52. The predicted octanol–water partition coefficient (Wildman–Crippen LogP) is 3.77. The second-order valence-corrected chi connectivity index (χ2v) is 7.82. The molecule has 0 saturated heterocycles. The third kappa shape index (κ3) is 5.96. The van der Waals surface area contributed by atoms with E-state index in [1.54, 1.807) is 37.9 Å². The number of rotatable bonds is 10. The predicted molar refractivity (Wildman–Crippen MR) is 121 cm³/mol. The minimum Gasteiger partial charge on any atom is -0.497 e. The van der Waals surface area contributed by atoms with Crippen molar-refractivity contribution in [1.82, 2.24) is 15.2 Å². The van der Waals surface area contributed by atoms with Crippen LogP contribution in [0.1, 0.15) is 27.7 Å². The highest BCUT2D eigenvalue weighted by Gasteiger charge is 2.17. The first-order chi connectivity index (χ1) is 15.0. The maximum absolute atomic E-state index is 12.8. The minimum atomic E-state index is -0.176. The third-order valence-corrected chi connectivity index (χ3v) is 5.50. The summed E-state index contributed by atoms with van der Waals surface area (Å²) in [5, 5.41) is 4.94. The van der Waals surface area contributed by atoms with Gasteiger partial charge in [0, 0.05) is 17.5 Å². The number of thiazole rings is 1. The Morgan fingerprint density at radius 3 is 2.48 bits per heavy atom. The van der Waals surface area contributed by atoms with Crippen LogP contribution < -0.4 is 19.5 Å². The highest BCUT2D eigenvalue weighted by molar-refractivity contribution is 7.07. The fraction of sp³-hybridized carbons (Fsp3) is 0.304. The van der Waals surface area contributed by atoms with Crippen molar-refractivity contribution >= 4 is 17.2 Å². The number of carbonyl (C=O) groups excluding carboxylic acids is 1. The molecule has 3 rings (SSSR count). The number of nitrogens with one attached hydrogen (secondary N) is 1. The molecular formula is C23H27N3O4S. The van der Waals surface area contributed by atoms with Crippen LogP contribution in [-0.4, -0.2) is 50.7 Å². The summed E-state index contributed by atoms with van der Waals surface area (Å²) in [6.07, 6.45) is 0. The molecule has 0 aliphatic rings. The molecule has 2 aromatic carbocycles. The van der Waals surface area contributed by atoms with Gasteiger partial charge in [-0.1, -0.05) is 12.1 Å². The largest absolute Gasteiger partial charge is 0.497 e. The Bertz CT molecular complexity index is 975. The topological polar surface area (TPSA) is 72.9 Å². The fourth-order valence-electron chi connectivity index (χ4n) is 3.10. The minimum absolute atomic E-state index is 0.0254. The molecule has 0 spiro atoms. The van der Waals surface area contributed by atoms with Crippen LogP contribution in [0.15, 0.2) is 53.4 Å². The number of nitrogens with zero attached hydrogens (tertiary/aromatic N) is 2. The molecule has 31 heavy (non-hydrogen) atoms. The number of hydrogen-bond acceptors (Lipinski definition) is 7. The summed E-state index contributed by atoms with van der Waals surface area (Å²) in [6, 6.07) is 13.0. The molecule has 1 heterocycles. The van der Waals surface area contributed by atoms with Gasteiger partial charge in [0.05, 0.1) is 31.5 Å². The van der Waals surface area contributed by atoms with E-state index in [1.807, 2.05) is 43.7 Å². The SMILES string of the molecule is COc1ccc(C(CNC(=O)c2ccc(OCc3cscn3)c(OC)c2)N(C)C)cc1. The molecule has 1 atom stereocenters. The van der Waals surface area contributed by atoms with Crippen LogP contribution in [0.3, 0.4) is 0 Å². The van der Waals surface area contributed by atoms with Gasteiger partial charge in [-0.25, -0.2) is 4.98 Å². The molecule has 0 radical (unpaired) electrons. The van der Waals surface area contributed by atoms with Crippen LogP contribution in [0.25, 0.3) is 0 Å². The summed E-state index contributed by atoms with van der Waals surface area (Å²) in [4.78, 5) is 19.0. The Morgan fingerprint density at radius 1 is 1.10 bits per heavy atom. The van der Waals surface area contributed by atoms with Gasteiger partial charge in [-0.15, -0.1) is 11.3 Å². The molecule has 3 aromatic rings. The maximum Gasteiger partial charge on any atom is 0.251 e. The van der Waals surface area contributed by atoms with E-state index in [0.717, 1.165) is 17.0 Å². The molecule has 1 aromatic heterocycles. The van der Waals surface area contributed by atoms with Crippen LogP contribution in [0.4, 0.5) is 0 Å². The lowest BCUT2D eigenvalue weighted by atomic mass is 10.1. The fourth-order valence-corrected chi connectivity index (χ4v) is 3.65. The highest BCUT2D eigenvalue weighted by atomic mass is 32.1. The van der Waals surface area contributed by atoms with E-state index in [-0.39, 0.29) is 11.9 Å². The molecule has 0 saturated carbocycles. The normalized spacial score (nSPS) is 11.8. The summed E-state index contributed by atoms with van der Waals surface area (Å²) < 4.78 is 16.4. The van der Waals surface area contributed by atoms with Crippen molar-refractivity contribution in [1.29, 1.82) is 0 Å². The number of amides is 1. The molecule has 1 N–H and O–H groups in total. The van der Waals surface area contributed by atoms with Gasteiger partial charge >= 0.3 is 0 Å². The molecule has 0 aliphatic heterocycles. The molecule has 1 unspecified atom stereocenters. The number of aromatic nitrogens is 1. The second-order valence-electron chi connectivity index (χ2n) is 7.10. The van der Waals surface area contributed by atoms with Crippen molar-refractivity contribution < 1.29 is 19.0 Å². The van der Waals surface area contributed by atoms with Crippen LogP contribution in [0.2, 0.25) is 0 Å². The van der Waals surface area contributed by atoms with Crippen molar-refractivity contribution in [2.45, 2.75) is 12.6 Å². The molecule has 0 aliphatic carbocycles. The van der Waals surface area contributed by atoms with Gasteiger partial charge < -0.3 is 24.4 Å². The van der Waals surface area contributed by atoms with Crippen LogP contribution in [0.5, 0.6) is 17.2 Å². The Labute approximate surface area is 186 Å². The molecule has 7 nitrogen and oxygen atoms in total. The van der Waals surface area contributed by atoms with Gasteiger partial charge in [-0.05, 0) is 50.0 Å². The van der Waals surface area contributed by atoms with Gasteiger partial charge in [-0.3, -0.25) is 4.79 Å². The number of ether oxygens (including phenoxy) is 3. The number of hydrogen-bond donors (Lipinski definition) is 1. The lowest BCUT2D eigenvalue weighted by molar-refractivity contribution is 0.0941. The van der Waals surface area contributed by atoms with E-state index in [0.29, 0.717) is 30.2 Å². The zero-order valence-corrected chi connectivity index (χ0v) is 18.9. The van der Waals surface area contributed by atoms with E-state index < -0.39 is 0 Å². The van der Waals surface area contributed by atoms with Gasteiger partial charge in [0.1, 0.15) is 12.4 Å². The van der Waals surface area contributed by atoms with Crippen molar-refractivity contribution in [3.05, 3.63) is 70.2 Å². The Morgan fingerprint density at radius 2 is 1.87 bits per heavy atom. The van der Waals surface area contributed by atoms with E-state index in [1.165, 1.54) is 11.3 Å². The van der Waals surface area contributed by atoms with Gasteiger partial charge in [0.2, 0.25) is 0 Å². The average molecular weight is 442 g/mol. The number of carbonyl (C=O) groups is 1. The summed E-state index contributed by atoms with van der Waals surface area (Å²) in [5.74, 6) is 1.69. The Hall–Kier alpha value is -3.10. The van der Waals surface area contributed by atoms with Gasteiger partial charge in [0.25, 0.3) is 5.91 Å². The summed E-state index contributed by atoms with van der Waals surface area (Å²) in [5.41, 5.74) is 4.21. The zero-order chi connectivity index (χ0) is 22.2. The molecule has 0 bridgehead atoms. The second kappa shape index (κ2) is 10.8. The first kappa shape index (κ1) is 22.6. The monoisotopic (exact) mass is 441 g/mol. The van der Waals surface area contributed by atoms with E-state index in [2.05, 4.69) is 15.2 Å². The van der Waals surface area contributed by atoms with E-state index >= 15 is 0 Å². The molecule has 8 heteroatoms. The molecule has 0 fully saturated rings. The zero-order valence-electron chi connectivity index (χ0n) is 18.1. The highest BCUT2D eigenvalue weighted by Crippen LogP contribution is 2.29. The Balaban J connectivity index is 1.65. The van der Waals surface area contributed by atoms with E-state index in [4.69, 9.17) is 14.2 Å². The standard InChI is InChI=1S/C23H27N3O4S/c1-26(2)20(16-5-8-19(28-3)9-6-16)12-24-23(27)17-7-10-21(22(11-17)29-4)30-13-18-14-31-15-25-18/h5-11,14-15,20H,12-13H2,1-4H3,(H,24,27). The first-order valence-corrected chi connectivity index (χ1v) is 10.7. The van der Waals surface area contributed by atoms with Crippen molar-refractivity contribution in [2.75, 3.05) is 34.9 Å². The molecule has 164 valence electrons. The number of benzene rings is 2. The van der Waals surface area contributed by atoms with Gasteiger partial charge in [0.15, 0.2) is 11.5 Å². The Kier molecular flexibility index (Phi) is 7.86. The number of methoxy groups -OCH3 is 2. The van der Waals surface area contributed by atoms with E-state index in [9.17, 15) is 4.79 Å². The van der Waals surface area contributed by atoms with Gasteiger partial charge in [-0.2, -0.15) is 0 Å². The van der Waals surface area contributed by atoms with Crippen LogP contribution in [-0.2, 0) is 6.61 Å². The van der Waals surface area contributed by atoms with Crippen molar-refractivity contribution in [2.24, 2.45) is 0 Å². The van der Waals surface area contributed by atoms with Crippen molar-refractivity contribution in [3.8, 4) is 17.2 Å². The van der Waals surface area contributed by atoms with Crippen LogP contribution >= 0.6 is 11.3 Å². The number of likely N-dealkylation sites (N-methyl/N-ethyl adjacent to an activating group) is 1. The lowest BCUT2D eigenvalue weighted by Crippen LogP contribution is -2.34. The maximum atomic E-state index is 12.8. The lowest BCUT2D eigenvalue weighted by Gasteiger charge is -2.25. The smallest absolute Gasteiger partial charge is 0.251 e. The first-order valence-electron chi connectivity index (χ1n) is 9.78. The summed E-state index contributed by atoms with van der Waals surface area (Å²) in [6.45, 7) is 0.806. The average Bonchev–Trinajstić information content (AvgIpc) is 3.31. The third-order valence-electron chi connectivity index (χ3n) is 4.86.